The molecule has 0 bridgehead atoms. The van der Waals surface area contributed by atoms with Gasteiger partial charge >= 0.3 is 6.09 Å². The third kappa shape index (κ3) is 9.58. The van der Waals surface area contributed by atoms with Crippen LogP contribution < -0.4 is 15.4 Å². The second-order valence-corrected chi connectivity index (χ2v) is 16.1. The molecule has 2 amide bonds. The molecule has 0 saturated carbocycles. The van der Waals surface area contributed by atoms with Crippen molar-refractivity contribution in [3.05, 3.63) is 138 Å². The molecule has 1 aliphatic rings. The molecule has 2 N–H and O–H groups in total. The van der Waals surface area contributed by atoms with Gasteiger partial charge in [0.1, 0.15) is 11.4 Å². The molecule has 0 spiro atoms. The Morgan fingerprint density at radius 1 is 0.827 bits per heavy atom. The van der Waals surface area contributed by atoms with Gasteiger partial charge in [0.2, 0.25) is 5.91 Å². The first-order chi connectivity index (χ1) is 25.1. The maximum Gasteiger partial charge on any atom is 0.410 e. The minimum atomic E-state index is -0.640. The van der Waals surface area contributed by atoms with E-state index in [1.165, 1.54) is 16.7 Å². The number of nitrogens with zero attached hydrogens (tertiary/aromatic N) is 1. The smallest absolute Gasteiger partial charge is 0.410 e. The molecular formula is C44H55N3O4S. The molecule has 52 heavy (non-hydrogen) atoms. The zero-order valence-electron chi connectivity index (χ0n) is 31.5. The van der Waals surface area contributed by atoms with E-state index in [9.17, 15) is 9.59 Å². The van der Waals surface area contributed by atoms with E-state index in [1.54, 1.807) is 0 Å². The summed E-state index contributed by atoms with van der Waals surface area (Å²) in [6.45, 7) is 13.8. The van der Waals surface area contributed by atoms with E-state index in [1.807, 2.05) is 68.6 Å². The predicted octanol–water partition coefficient (Wildman–Crippen LogP) is 8.81. The minimum Gasteiger partial charge on any atom is -0.494 e. The Morgan fingerprint density at radius 2 is 1.37 bits per heavy atom. The van der Waals surface area contributed by atoms with Gasteiger partial charge in [0.25, 0.3) is 0 Å². The molecule has 4 aromatic rings. The number of nitrogens with one attached hydrogen (secondary N) is 2. The number of benzene rings is 4. The molecule has 1 fully saturated rings. The van der Waals surface area contributed by atoms with Crippen LogP contribution in [0.3, 0.4) is 0 Å². The van der Waals surface area contributed by atoms with Gasteiger partial charge in [0.15, 0.2) is 0 Å². The van der Waals surface area contributed by atoms with Crippen molar-refractivity contribution in [1.82, 2.24) is 15.5 Å². The Labute approximate surface area is 314 Å². The fourth-order valence-electron chi connectivity index (χ4n) is 6.96. The van der Waals surface area contributed by atoms with Crippen molar-refractivity contribution in [2.45, 2.75) is 88.6 Å². The highest BCUT2D eigenvalue weighted by molar-refractivity contribution is 8.01. The van der Waals surface area contributed by atoms with E-state index in [0.29, 0.717) is 26.2 Å². The number of hydrogen-bond acceptors (Lipinski definition) is 6. The highest BCUT2D eigenvalue weighted by atomic mass is 32.2. The van der Waals surface area contributed by atoms with Crippen LogP contribution in [0.1, 0.15) is 76.6 Å². The van der Waals surface area contributed by atoms with Crippen LogP contribution in [0.25, 0.3) is 0 Å². The summed E-state index contributed by atoms with van der Waals surface area (Å²) in [6.07, 6.45) is 1.24. The van der Waals surface area contributed by atoms with Crippen LogP contribution in [0.2, 0.25) is 0 Å². The molecule has 3 unspecified atom stereocenters. The largest absolute Gasteiger partial charge is 0.494 e. The summed E-state index contributed by atoms with van der Waals surface area (Å²) in [4.78, 5) is 29.6. The van der Waals surface area contributed by atoms with Crippen LogP contribution in [0, 0.1) is 5.92 Å². The van der Waals surface area contributed by atoms with E-state index >= 15 is 0 Å². The summed E-state index contributed by atoms with van der Waals surface area (Å²) in [5.74, 6) is 0.786. The van der Waals surface area contributed by atoms with Gasteiger partial charge in [-0.15, -0.1) is 11.8 Å². The molecule has 0 radical (unpaired) electrons. The van der Waals surface area contributed by atoms with Crippen LogP contribution in [0.5, 0.6) is 5.75 Å². The van der Waals surface area contributed by atoms with Crippen molar-refractivity contribution in [2.24, 2.45) is 5.92 Å². The Hall–Kier alpha value is -4.27. The lowest BCUT2D eigenvalue weighted by Crippen LogP contribution is -2.52. The zero-order valence-corrected chi connectivity index (χ0v) is 32.3. The van der Waals surface area contributed by atoms with E-state index in [-0.39, 0.29) is 29.2 Å². The second kappa shape index (κ2) is 18.0. The number of likely N-dealkylation sites (tertiary alicyclic amines) is 1. The lowest BCUT2D eigenvalue weighted by molar-refractivity contribution is -0.124. The molecule has 1 saturated heterocycles. The number of para-hydroxylation sites is 1. The van der Waals surface area contributed by atoms with Crippen molar-refractivity contribution in [1.29, 1.82) is 0 Å². The van der Waals surface area contributed by atoms with Crippen LogP contribution >= 0.6 is 11.8 Å². The average Bonchev–Trinajstić information content (AvgIpc) is 3.56. The summed E-state index contributed by atoms with van der Waals surface area (Å²) >= 11 is 1.90. The normalized spacial score (nSPS) is 17.3. The molecular weight excluding hydrogens is 667 g/mol. The topological polar surface area (TPSA) is 79.9 Å². The predicted molar refractivity (Wildman–Crippen MR) is 213 cm³/mol. The van der Waals surface area contributed by atoms with Gasteiger partial charge in [0.05, 0.1) is 17.4 Å². The molecule has 4 aromatic carbocycles. The molecule has 1 heterocycles. The first kappa shape index (κ1) is 38.9. The van der Waals surface area contributed by atoms with Gasteiger partial charge < -0.3 is 25.0 Å². The lowest BCUT2D eigenvalue weighted by atomic mass is 9.84. The maximum absolute atomic E-state index is 13.9. The third-order valence-corrected chi connectivity index (χ3v) is 11.4. The number of ether oxygens (including phenoxy) is 2. The summed E-state index contributed by atoms with van der Waals surface area (Å²) in [6, 6.07) is 39.2. The highest BCUT2D eigenvalue weighted by Crippen LogP contribution is 2.52. The van der Waals surface area contributed by atoms with E-state index in [2.05, 4.69) is 115 Å². The SMILES string of the molecule is CCOc1ccccc1CNC(=O)[C@@H](NCC1CC(SC(c2ccccc2)(c2ccccc2)c2ccccc2)CN1C(=O)OC(C)(C)C)C(C)CC. The number of carbonyl (C=O) groups is 2. The highest BCUT2D eigenvalue weighted by Gasteiger charge is 2.45. The van der Waals surface area contributed by atoms with Gasteiger partial charge in [-0.05, 0) is 62.8 Å². The fraction of sp³-hybridized carbons (Fsp3) is 0.409. The van der Waals surface area contributed by atoms with Gasteiger partial charge in [-0.25, -0.2) is 4.79 Å². The zero-order chi connectivity index (χ0) is 37.1. The van der Waals surface area contributed by atoms with E-state index in [4.69, 9.17) is 9.47 Å². The molecule has 1 aliphatic heterocycles. The molecule has 0 aromatic heterocycles. The fourth-order valence-corrected chi connectivity index (χ4v) is 8.83. The standard InChI is InChI=1S/C44H55N3O4S/c1-7-32(3)40(41(48)46-29-33-20-18-19-27-39(33)50-8-2)45-30-37-28-38(31-47(37)42(49)51-43(4,5)6)52-44(34-21-12-9-13-22-34,35-23-14-10-15-24-35)36-25-16-11-17-26-36/h9-27,32,37-38,40,45H,7-8,28-31H2,1-6H3,(H,46,48)/t32?,37?,38?,40-/m0/s1. The first-order valence-corrected chi connectivity index (χ1v) is 19.5. The van der Waals surface area contributed by atoms with Crippen molar-refractivity contribution in [2.75, 3.05) is 19.7 Å². The van der Waals surface area contributed by atoms with Gasteiger partial charge in [-0.3, -0.25) is 4.79 Å². The minimum absolute atomic E-state index is 0.0651. The molecule has 7 nitrogen and oxygen atoms in total. The Bertz CT molecular complexity index is 1620. The summed E-state index contributed by atoms with van der Waals surface area (Å²) < 4.78 is 11.3. The summed E-state index contributed by atoms with van der Waals surface area (Å²) in [5.41, 5.74) is 3.84. The monoisotopic (exact) mass is 721 g/mol. The molecule has 276 valence electrons. The van der Waals surface area contributed by atoms with Crippen molar-refractivity contribution < 1.29 is 19.1 Å². The number of thioether (sulfide) groups is 1. The van der Waals surface area contributed by atoms with E-state index in [0.717, 1.165) is 24.2 Å². The van der Waals surface area contributed by atoms with Crippen LogP contribution in [-0.4, -0.2) is 59.5 Å². The van der Waals surface area contributed by atoms with Gasteiger partial charge in [-0.2, -0.15) is 0 Å². The van der Waals surface area contributed by atoms with Gasteiger partial charge in [-0.1, -0.05) is 129 Å². The number of carbonyl (C=O) groups excluding carboxylic acids is 2. The second-order valence-electron chi connectivity index (χ2n) is 14.6. The molecule has 8 heteroatoms. The summed E-state index contributed by atoms with van der Waals surface area (Å²) in [5, 5.41) is 6.84. The molecule has 5 rings (SSSR count). The van der Waals surface area contributed by atoms with Gasteiger partial charge in [0, 0.05) is 36.5 Å². The summed E-state index contributed by atoms with van der Waals surface area (Å²) in [7, 11) is 0. The number of amides is 2. The first-order valence-electron chi connectivity index (χ1n) is 18.6. The van der Waals surface area contributed by atoms with Crippen molar-refractivity contribution in [3.8, 4) is 5.75 Å². The number of hydrogen-bond donors (Lipinski definition) is 2. The number of rotatable bonds is 15. The van der Waals surface area contributed by atoms with Crippen LogP contribution in [-0.2, 0) is 20.8 Å². The Morgan fingerprint density at radius 3 is 1.88 bits per heavy atom. The Kier molecular flexibility index (Phi) is 13.5. The average molecular weight is 722 g/mol. The van der Waals surface area contributed by atoms with E-state index < -0.39 is 16.4 Å². The molecule has 0 aliphatic carbocycles. The quantitative estimate of drug-likeness (QED) is 0.120. The van der Waals surface area contributed by atoms with Crippen LogP contribution in [0.4, 0.5) is 4.79 Å². The lowest BCUT2D eigenvalue weighted by Gasteiger charge is -2.37. The van der Waals surface area contributed by atoms with Crippen LogP contribution in [0.15, 0.2) is 115 Å². The van der Waals surface area contributed by atoms with Crippen molar-refractivity contribution in [3.63, 3.8) is 0 Å². The van der Waals surface area contributed by atoms with Crippen molar-refractivity contribution >= 4 is 23.8 Å². The third-order valence-electron chi connectivity index (χ3n) is 9.68. The molecule has 4 atom stereocenters. The Balaban J connectivity index is 1.42. The maximum atomic E-state index is 13.9.